The van der Waals surface area contributed by atoms with Crippen molar-refractivity contribution in [3.8, 4) is 0 Å². The molecular formula is C16H23NO2. The second kappa shape index (κ2) is 6.71. The lowest BCUT2D eigenvalue weighted by Crippen LogP contribution is -2.41. The monoisotopic (exact) mass is 261 g/mol. The summed E-state index contributed by atoms with van der Waals surface area (Å²) in [6, 6.07) is 9.63. The van der Waals surface area contributed by atoms with E-state index in [0.29, 0.717) is 6.42 Å². The zero-order valence-electron chi connectivity index (χ0n) is 11.6. The number of nitrogens with zero attached hydrogens (tertiary/aromatic N) is 1. The zero-order valence-corrected chi connectivity index (χ0v) is 11.6. The Bertz CT molecular complexity index is 402. The SMILES string of the molecule is CC(O)CC1CCCCCN1C(=O)c1ccccc1. The molecule has 3 heteroatoms. The van der Waals surface area contributed by atoms with E-state index < -0.39 is 0 Å². The Hall–Kier alpha value is -1.35. The van der Waals surface area contributed by atoms with Crippen LogP contribution in [-0.2, 0) is 0 Å². The van der Waals surface area contributed by atoms with Crippen LogP contribution >= 0.6 is 0 Å². The maximum absolute atomic E-state index is 12.6. The van der Waals surface area contributed by atoms with Crippen LogP contribution in [0.5, 0.6) is 0 Å². The Morgan fingerprint density at radius 1 is 1.32 bits per heavy atom. The summed E-state index contributed by atoms with van der Waals surface area (Å²) in [5.41, 5.74) is 0.750. The van der Waals surface area contributed by atoms with Crippen LogP contribution in [0.15, 0.2) is 30.3 Å². The lowest BCUT2D eigenvalue weighted by atomic mass is 10.0. The van der Waals surface area contributed by atoms with Gasteiger partial charge in [0.05, 0.1) is 6.10 Å². The van der Waals surface area contributed by atoms with Gasteiger partial charge in [-0.2, -0.15) is 0 Å². The van der Waals surface area contributed by atoms with Crippen molar-refractivity contribution in [1.82, 2.24) is 4.90 Å². The van der Waals surface area contributed by atoms with Crippen LogP contribution in [0.2, 0.25) is 0 Å². The van der Waals surface area contributed by atoms with Gasteiger partial charge in [-0.3, -0.25) is 4.79 Å². The number of amides is 1. The fraction of sp³-hybridized carbons (Fsp3) is 0.562. The highest BCUT2D eigenvalue weighted by Crippen LogP contribution is 2.22. The van der Waals surface area contributed by atoms with E-state index in [1.165, 1.54) is 6.42 Å². The Kier molecular flexibility index (Phi) is 4.97. The summed E-state index contributed by atoms with van der Waals surface area (Å²) < 4.78 is 0. The first-order valence-corrected chi connectivity index (χ1v) is 7.22. The number of aliphatic hydroxyl groups is 1. The standard InChI is InChI=1S/C16H23NO2/c1-13(18)12-15-10-6-3-7-11-17(15)16(19)14-8-4-2-5-9-14/h2,4-5,8-9,13,15,18H,3,6-7,10-12H2,1H3. The molecule has 1 aromatic rings. The molecule has 1 saturated heterocycles. The Balaban J connectivity index is 2.15. The number of aliphatic hydroxyl groups excluding tert-OH is 1. The molecule has 0 aliphatic carbocycles. The van der Waals surface area contributed by atoms with Crippen LogP contribution in [0.4, 0.5) is 0 Å². The fourth-order valence-electron chi connectivity index (χ4n) is 2.83. The van der Waals surface area contributed by atoms with E-state index in [9.17, 15) is 9.90 Å². The molecule has 1 N–H and O–H groups in total. The first-order chi connectivity index (χ1) is 9.18. The van der Waals surface area contributed by atoms with Gasteiger partial charge in [-0.1, -0.05) is 31.0 Å². The van der Waals surface area contributed by atoms with Gasteiger partial charge in [0.15, 0.2) is 0 Å². The van der Waals surface area contributed by atoms with E-state index in [2.05, 4.69) is 0 Å². The topological polar surface area (TPSA) is 40.5 Å². The van der Waals surface area contributed by atoms with Crippen LogP contribution in [0.25, 0.3) is 0 Å². The minimum absolute atomic E-state index is 0.105. The van der Waals surface area contributed by atoms with E-state index in [1.54, 1.807) is 6.92 Å². The van der Waals surface area contributed by atoms with Crippen LogP contribution in [0.1, 0.15) is 49.4 Å². The van der Waals surface area contributed by atoms with Crippen molar-refractivity contribution >= 4 is 5.91 Å². The molecule has 3 nitrogen and oxygen atoms in total. The highest BCUT2D eigenvalue weighted by atomic mass is 16.3. The highest BCUT2D eigenvalue weighted by Gasteiger charge is 2.26. The number of hydrogen-bond acceptors (Lipinski definition) is 2. The predicted octanol–water partition coefficient (Wildman–Crippen LogP) is 2.84. The molecular weight excluding hydrogens is 238 g/mol. The third-order valence-corrected chi connectivity index (χ3v) is 3.77. The van der Waals surface area contributed by atoms with Gasteiger partial charge in [0.25, 0.3) is 5.91 Å². The minimum Gasteiger partial charge on any atom is -0.393 e. The van der Waals surface area contributed by atoms with E-state index in [1.807, 2.05) is 35.2 Å². The summed E-state index contributed by atoms with van der Waals surface area (Å²) in [4.78, 5) is 14.6. The Labute approximate surface area is 115 Å². The molecule has 19 heavy (non-hydrogen) atoms. The fourth-order valence-corrected chi connectivity index (χ4v) is 2.83. The average molecular weight is 261 g/mol. The molecule has 1 aliphatic heterocycles. The van der Waals surface area contributed by atoms with Crippen molar-refractivity contribution in [3.05, 3.63) is 35.9 Å². The normalized spacial score (nSPS) is 21.8. The van der Waals surface area contributed by atoms with Crippen molar-refractivity contribution in [2.75, 3.05) is 6.54 Å². The van der Waals surface area contributed by atoms with Crippen LogP contribution in [0.3, 0.4) is 0 Å². The van der Waals surface area contributed by atoms with Gasteiger partial charge in [-0.15, -0.1) is 0 Å². The molecule has 2 rings (SSSR count). The smallest absolute Gasteiger partial charge is 0.254 e. The summed E-state index contributed by atoms with van der Waals surface area (Å²) >= 11 is 0. The first-order valence-electron chi connectivity index (χ1n) is 7.22. The molecule has 0 spiro atoms. The van der Waals surface area contributed by atoms with Crippen LogP contribution in [-0.4, -0.2) is 34.6 Å². The molecule has 104 valence electrons. The lowest BCUT2D eigenvalue weighted by Gasteiger charge is -2.31. The van der Waals surface area contributed by atoms with Crippen molar-refractivity contribution in [3.63, 3.8) is 0 Å². The van der Waals surface area contributed by atoms with Crippen molar-refractivity contribution in [2.24, 2.45) is 0 Å². The molecule has 1 fully saturated rings. The summed E-state index contributed by atoms with van der Waals surface area (Å²) in [7, 11) is 0. The Morgan fingerprint density at radius 3 is 2.74 bits per heavy atom. The largest absolute Gasteiger partial charge is 0.393 e. The van der Waals surface area contributed by atoms with Gasteiger partial charge in [0, 0.05) is 18.2 Å². The summed E-state index contributed by atoms with van der Waals surface area (Å²) in [5.74, 6) is 0.105. The third-order valence-electron chi connectivity index (χ3n) is 3.77. The van der Waals surface area contributed by atoms with Gasteiger partial charge in [-0.25, -0.2) is 0 Å². The quantitative estimate of drug-likeness (QED) is 0.909. The third kappa shape index (κ3) is 3.80. The molecule has 1 aromatic carbocycles. The maximum atomic E-state index is 12.6. The molecule has 2 atom stereocenters. The van der Waals surface area contributed by atoms with E-state index in [0.717, 1.165) is 31.4 Å². The number of benzene rings is 1. The van der Waals surface area contributed by atoms with E-state index >= 15 is 0 Å². The van der Waals surface area contributed by atoms with Gasteiger partial charge in [0.1, 0.15) is 0 Å². The molecule has 0 bridgehead atoms. The predicted molar refractivity (Wildman–Crippen MR) is 76.0 cm³/mol. The zero-order chi connectivity index (χ0) is 13.7. The lowest BCUT2D eigenvalue weighted by molar-refractivity contribution is 0.0607. The van der Waals surface area contributed by atoms with Gasteiger partial charge < -0.3 is 10.0 Å². The Morgan fingerprint density at radius 2 is 2.05 bits per heavy atom. The second-order valence-corrected chi connectivity index (χ2v) is 5.45. The minimum atomic E-state index is -0.353. The van der Waals surface area contributed by atoms with Crippen LogP contribution in [0, 0.1) is 0 Å². The van der Waals surface area contributed by atoms with Crippen LogP contribution < -0.4 is 0 Å². The van der Waals surface area contributed by atoms with Crippen molar-refractivity contribution in [2.45, 2.75) is 51.2 Å². The van der Waals surface area contributed by atoms with E-state index in [-0.39, 0.29) is 18.1 Å². The summed E-state index contributed by atoms with van der Waals surface area (Å²) in [6.45, 7) is 2.61. The van der Waals surface area contributed by atoms with Gasteiger partial charge in [0.2, 0.25) is 0 Å². The van der Waals surface area contributed by atoms with Crippen molar-refractivity contribution in [1.29, 1.82) is 0 Å². The average Bonchev–Trinajstić information content (AvgIpc) is 2.64. The second-order valence-electron chi connectivity index (χ2n) is 5.45. The summed E-state index contributed by atoms with van der Waals surface area (Å²) in [6.07, 6.45) is 4.72. The molecule has 0 saturated carbocycles. The molecule has 1 aliphatic rings. The summed E-state index contributed by atoms with van der Waals surface area (Å²) in [5, 5.41) is 9.63. The number of carbonyl (C=O) groups excluding carboxylic acids is 1. The number of carbonyl (C=O) groups is 1. The number of hydrogen-bond donors (Lipinski definition) is 1. The van der Waals surface area contributed by atoms with E-state index in [4.69, 9.17) is 0 Å². The highest BCUT2D eigenvalue weighted by molar-refractivity contribution is 5.94. The van der Waals surface area contributed by atoms with Crippen molar-refractivity contribution < 1.29 is 9.90 Å². The van der Waals surface area contributed by atoms with Gasteiger partial charge in [-0.05, 0) is 38.3 Å². The molecule has 2 unspecified atom stereocenters. The molecule has 1 heterocycles. The molecule has 0 aromatic heterocycles. The molecule has 0 radical (unpaired) electrons. The molecule has 1 amide bonds. The number of rotatable bonds is 3. The number of likely N-dealkylation sites (tertiary alicyclic amines) is 1. The maximum Gasteiger partial charge on any atom is 0.254 e. The van der Waals surface area contributed by atoms with Gasteiger partial charge >= 0.3 is 0 Å². The first kappa shape index (κ1) is 14.1.